The lowest BCUT2D eigenvalue weighted by Crippen LogP contribution is -2.51. The zero-order valence-corrected chi connectivity index (χ0v) is 14.8. The first-order valence-electron chi connectivity index (χ1n) is 9.97. The van der Waals surface area contributed by atoms with Gasteiger partial charge in [-0.2, -0.15) is 0 Å². The molecule has 5 unspecified atom stereocenters. The third-order valence-corrected chi connectivity index (χ3v) is 8.99. The predicted octanol–water partition coefficient (Wildman–Crippen LogP) is 6.30. The molecule has 0 aromatic carbocycles. The highest BCUT2D eigenvalue weighted by Gasteiger charge is 2.65. The van der Waals surface area contributed by atoms with E-state index in [0.29, 0.717) is 5.41 Å². The fraction of sp³-hybridized carbons (Fsp3) is 1.00. The van der Waals surface area contributed by atoms with Gasteiger partial charge in [0, 0.05) is 0 Å². The normalized spacial score (nSPS) is 56.1. The van der Waals surface area contributed by atoms with Crippen molar-refractivity contribution in [1.29, 1.82) is 0 Å². The van der Waals surface area contributed by atoms with E-state index in [0.717, 1.165) is 40.9 Å². The number of fused-ring (bicyclic) bond motifs is 4. The summed E-state index contributed by atoms with van der Waals surface area (Å²) in [5, 5.41) is 0. The largest absolute Gasteiger partial charge is 0.0625 e. The van der Waals surface area contributed by atoms with E-state index < -0.39 is 0 Å². The van der Waals surface area contributed by atoms with Gasteiger partial charge >= 0.3 is 0 Å². The van der Waals surface area contributed by atoms with Gasteiger partial charge in [-0.05, 0) is 97.7 Å². The lowest BCUT2D eigenvalue weighted by atomic mass is 9.45. The zero-order chi connectivity index (χ0) is 14.8. The Morgan fingerprint density at radius 3 is 2.43 bits per heavy atom. The molecule has 1 spiro atoms. The third-order valence-electron chi connectivity index (χ3n) is 8.99. The van der Waals surface area contributed by atoms with Crippen LogP contribution in [0, 0.1) is 46.3 Å². The molecule has 0 aliphatic heterocycles. The molecular formula is C21H36. The summed E-state index contributed by atoms with van der Waals surface area (Å²) in [6, 6.07) is 0. The first-order chi connectivity index (χ1) is 9.97. The Labute approximate surface area is 132 Å². The summed E-state index contributed by atoms with van der Waals surface area (Å²) < 4.78 is 0. The van der Waals surface area contributed by atoms with Crippen molar-refractivity contribution in [3.8, 4) is 0 Å². The monoisotopic (exact) mass is 288 g/mol. The third kappa shape index (κ3) is 1.99. The molecular weight excluding hydrogens is 252 g/mol. The molecule has 0 aromatic heterocycles. The summed E-state index contributed by atoms with van der Waals surface area (Å²) >= 11 is 0. The van der Waals surface area contributed by atoms with Gasteiger partial charge in [0.15, 0.2) is 0 Å². The molecule has 0 heteroatoms. The average molecular weight is 289 g/mol. The molecule has 4 aliphatic rings. The molecule has 0 aromatic rings. The topological polar surface area (TPSA) is 0 Å². The Morgan fingerprint density at radius 1 is 1.00 bits per heavy atom. The van der Waals surface area contributed by atoms with Gasteiger partial charge in [-0.25, -0.2) is 0 Å². The minimum atomic E-state index is 0.716. The highest BCUT2D eigenvalue weighted by atomic mass is 14.7. The van der Waals surface area contributed by atoms with Gasteiger partial charge in [0.2, 0.25) is 0 Å². The second-order valence-electron chi connectivity index (χ2n) is 10.0. The first kappa shape index (κ1) is 14.6. The van der Waals surface area contributed by atoms with E-state index >= 15 is 0 Å². The average Bonchev–Trinajstić information content (AvgIpc) is 3.08. The lowest BCUT2D eigenvalue weighted by molar-refractivity contribution is -0.102. The van der Waals surface area contributed by atoms with Crippen molar-refractivity contribution in [2.75, 3.05) is 0 Å². The number of rotatable bonds is 1. The molecule has 0 N–H and O–H groups in total. The van der Waals surface area contributed by atoms with Crippen molar-refractivity contribution in [1.82, 2.24) is 0 Å². The van der Waals surface area contributed by atoms with E-state index in [2.05, 4.69) is 27.7 Å². The second kappa shape index (κ2) is 4.75. The zero-order valence-electron chi connectivity index (χ0n) is 14.8. The molecule has 4 rings (SSSR count). The Balaban J connectivity index is 1.58. The molecule has 0 heterocycles. The van der Waals surface area contributed by atoms with E-state index in [1.54, 1.807) is 44.9 Å². The molecule has 0 radical (unpaired) electrons. The molecule has 7 atom stereocenters. The highest BCUT2D eigenvalue weighted by molar-refractivity contribution is 5.14. The van der Waals surface area contributed by atoms with Crippen molar-refractivity contribution in [3.63, 3.8) is 0 Å². The second-order valence-corrected chi connectivity index (χ2v) is 10.0. The quantitative estimate of drug-likeness (QED) is 0.531. The fourth-order valence-electron chi connectivity index (χ4n) is 7.68. The maximum atomic E-state index is 2.73. The van der Waals surface area contributed by atoms with Crippen LogP contribution in [0.2, 0.25) is 0 Å². The Bertz CT molecular complexity index is 410. The van der Waals surface area contributed by atoms with Crippen LogP contribution in [0.25, 0.3) is 0 Å². The minimum absolute atomic E-state index is 0.716. The first-order valence-corrected chi connectivity index (χ1v) is 9.97. The van der Waals surface area contributed by atoms with E-state index in [-0.39, 0.29) is 0 Å². The minimum Gasteiger partial charge on any atom is -0.0625 e. The van der Waals surface area contributed by atoms with Gasteiger partial charge in [0.05, 0.1) is 0 Å². The molecule has 21 heavy (non-hydrogen) atoms. The summed E-state index contributed by atoms with van der Waals surface area (Å²) in [4.78, 5) is 0. The van der Waals surface area contributed by atoms with Crippen LogP contribution in [-0.4, -0.2) is 0 Å². The molecule has 4 fully saturated rings. The van der Waals surface area contributed by atoms with Crippen LogP contribution in [0.3, 0.4) is 0 Å². The Kier molecular flexibility index (Phi) is 3.30. The van der Waals surface area contributed by atoms with Crippen molar-refractivity contribution in [2.45, 2.75) is 85.5 Å². The van der Waals surface area contributed by atoms with E-state index in [1.807, 2.05) is 0 Å². The maximum Gasteiger partial charge on any atom is -0.0235 e. The molecule has 0 nitrogen and oxygen atoms in total. The van der Waals surface area contributed by atoms with Crippen LogP contribution in [0.4, 0.5) is 0 Å². The van der Waals surface area contributed by atoms with Gasteiger partial charge in [-0.15, -0.1) is 0 Å². The van der Waals surface area contributed by atoms with Crippen molar-refractivity contribution < 1.29 is 0 Å². The maximum absolute atomic E-state index is 2.73. The Hall–Kier alpha value is 0. The van der Waals surface area contributed by atoms with Gasteiger partial charge < -0.3 is 0 Å². The highest BCUT2D eigenvalue weighted by Crippen LogP contribution is 2.73. The number of hydrogen-bond acceptors (Lipinski definition) is 0. The van der Waals surface area contributed by atoms with Gasteiger partial charge in [-0.1, -0.05) is 34.1 Å². The van der Waals surface area contributed by atoms with Crippen molar-refractivity contribution >= 4 is 0 Å². The fourth-order valence-corrected chi connectivity index (χ4v) is 7.68. The van der Waals surface area contributed by atoms with E-state index in [9.17, 15) is 0 Å². The summed E-state index contributed by atoms with van der Waals surface area (Å²) in [6.07, 6.45) is 14.0. The summed E-state index contributed by atoms with van der Waals surface area (Å²) in [5.41, 5.74) is 1.53. The molecule has 0 saturated heterocycles. The van der Waals surface area contributed by atoms with Gasteiger partial charge in [-0.3, -0.25) is 0 Å². The molecule has 0 amide bonds. The van der Waals surface area contributed by atoms with Crippen LogP contribution in [0.1, 0.15) is 85.5 Å². The van der Waals surface area contributed by atoms with Crippen LogP contribution >= 0.6 is 0 Å². The summed E-state index contributed by atoms with van der Waals surface area (Å²) in [7, 11) is 0. The van der Waals surface area contributed by atoms with Crippen LogP contribution in [0.5, 0.6) is 0 Å². The molecule has 120 valence electrons. The molecule has 0 bridgehead atoms. The number of hydrogen-bond donors (Lipinski definition) is 0. The van der Waals surface area contributed by atoms with E-state index in [1.165, 1.54) is 12.8 Å². The Morgan fingerprint density at radius 2 is 1.76 bits per heavy atom. The smallest absolute Gasteiger partial charge is 0.0235 e. The van der Waals surface area contributed by atoms with E-state index in [4.69, 9.17) is 0 Å². The van der Waals surface area contributed by atoms with Crippen molar-refractivity contribution in [2.24, 2.45) is 46.3 Å². The SMILES string of the molecule is CC(C)C1CCC2C(CCC3C4(CCC[C@]23C)C[C@H]4C)C1. The van der Waals surface area contributed by atoms with Gasteiger partial charge in [0.1, 0.15) is 0 Å². The van der Waals surface area contributed by atoms with Crippen LogP contribution < -0.4 is 0 Å². The lowest BCUT2D eigenvalue weighted by Gasteiger charge is -2.59. The van der Waals surface area contributed by atoms with Crippen molar-refractivity contribution in [3.05, 3.63) is 0 Å². The standard InChI is InChI=1S/C21H36/c1-14(2)16-6-8-18-17(12-16)7-9-19-20(18,4)10-5-11-21(19)13-15(21)3/h14-19H,5-13H2,1-4H3/t15-,16?,17?,18?,19?,20-,21?/m1/s1. The van der Waals surface area contributed by atoms with Crippen LogP contribution in [-0.2, 0) is 0 Å². The summed E-state index contributed by atoms with van der Waals surface area (Å²) in [5.74, 6) is 6.24. The summed E-state index contributed by atoms with van der Waals surface area (Å²) in [6.45, 7) is 10.2. The molecule has 4 aliphatic carbocycles. The predicted molar refractivity (Wildman–Crippen MR) is 90.1 cm³/mol. The van der Waals surface area contributed by atoms with Crippen LogP contribution in [0.15, 0.2) is 0 Å². The molecule has 4 saturated carbocycles. The van der Waals surface area contributed by atoms with Gasteiger partial charge in [0.25, 0.3) is 0 Å².